The van der Waals surface area contributed by atoms with Gasteiger partial charge >= 0.3 is 17.9 Å². The number of ether oxygens (including phenoxy) is 3. The minimum absolute atomic E-state index is 0.0932. The lowest BCUT2D eigenvalue weighted by Gasteiger charge is -2.18. The molecule has 0 bridgehead atoms. The van der Waals surface area contributed by atoms with E-state index in [-0.39, 0.29) is 31.1 Å². The van der Waals surface area contributed by atoms with Crippen molar-refractivity contribution in [1.82, 2.24) is 0 Å². The van der Waals surface area contributed by atoms with Crippen LogP contribution in [0.5, 0.6) is 0 Å². The second kappa shape index (κ2) is 64.6. The van der Waals surface area contributed by atoms with Gasteiger partial charge in [0.05, 0.1) is 0 Å². The highest BCUT2D eigenvalue weighted by Crippen LogP contribution is 2.16. The van der Waals surface area contributed by atoms with Crippen LogP contribution in [0.4, 0.5) is 0 Å². The summed E-state index contributed by atoms with van der Waals surface area (Å²) in [4.78, 5) is 38.3. The molecular formula is C71H120O6. The lowest BCUT2D eigenvalue weighted by molar-refractivity contribution is -0.167. The van der Waals surface area contributed by atoms with E-state index in [1.54, 1.807) is 0 Å². The largest absolute Gasteiger partial charge is 0.462 e. The summed E-state index contributed by atoms with van der Waals surface area (Å²) < 4.78 is 16.9. The highest BCUT2D eigenvalue weighted by molar-refractivity contribution is 5.71. The van der Waals surface area contributed by atoms with E-state index >= 15 is 0 Å². The van der Waals surface area contributed by atoms with Crippen LogP contribution in [0, 0.1) is 0 Å². The fourth-order valence-corrected chi connectivity index (χ4v) is 8.89. The Kier molecular flexibility index (Phi) is 61.3. The fourth-order valence-electron chi connectivity index (χ4n) is 8.89. The van der Waals surface area contributed by atoms with Crippen molar-refractivity contribution in [2.24, 2.45) is 0 Å². The Bertz CT molecular complexity index is 1560. The van der Waals surface area contributed by atoms with E-state index in [9.17, 15) is 14.4 Å². The van der Waals surface area contributed by atoms with Crippen LogP contribution in [0.15, 0.2) is 109 Å². The van der Waals surface area contributed by atoms with Crippen LogP contribution in [-0.2, 0) is 28.6 Å². The van der Waals surface area contributed by atoms with Crippen molar-refractivity contribution in [2.45, 2.75) is 309 Å². The number of carbonyl (C=O) groups is 3. The Morgan fingerprint density at radius 2 is 0.532 bits per heavy atom. The third-order valence-corrected chi connectivity index (χ3v) is 13.7. The molecule has 0 spiro atoms. The third-order valence-electron chi connectivity index (χ3n) is 13.7. The molecular weight excluding hydrogens is 949 g/mol. The number of unbranched alkanes of at least 4 members (excludes halogenated alkanes) is 29. The van der Waals surface area contributed by atoms with Crippen molar-refractivity contribution in [3.05, 3.63) is 109 Å². The zero-order chi connectivity index (χ0) is 55.7. The Labute approximate surface area is 476 Å². The van der Waals surface area contributed by atoms with E-state index in [1.165, 1.54) is 122 Å². The van der Waals surface area contributed by atoms with Crippen LogP contribution in [0.2, 0.25) is 0 Å². The molecule has 6 heteroatoms. The first kappa shape index (κ1) is 73.1. The number of hydrogen-bond acceptors (Lipinski definition) is 6. The molecule has 0 aromatic carbocycles. The first-order chi connectivity index (χ1) is 38.0. The molecule has 0 fully saturated rings. The predicted molar refractivity (Wildman–Crippen MR) is 334 cm³/mol. The van der Waals surface area contributed by atoms with Crippen molar-refractivity contribution in [3.63, 3.8) is 0 Å². The van der Waals surface area contributed by atoms with Gasteiger partial charge in [-0.15, -0.1) is 0 Å². The van der Waals surface area contributed by atoms with Gasteiger partial charge < -0.3 is 14.2 Å². The summed E-state index contributed by atoms with van der Waals surface area (Å²) in [5.41, 5.74) is 0. The monoisotopic (exact) mass is 1070 g/mol. The smallest absolute Gasteiger partial charge is 0.306 e. The molecule has 0 aliphatic rings. The number of hydrogen-bond donors (Lipinski definition) is 0. The van der Waals surface area contributed by atoms with E-state index < -0.39 is 6.10 Å². The Hall–Kier alpha value is -3.93. The molecule has 0 saturated carbocycles. The summed E-state index contributed by atoms with van der Waals surface area (Å²) in [5, 5.41) is 0. The highest BCUT2D eigenvalue weighted by atomic mass is 16.6. The number of esters is 3. The molecule has 0 saturated heterocycles. The van der Waals surface area contributed by atoms with Crippen molar-refractivity contribution in [1.29, 1.82) is 0 Å². The van der Waals surface area contributed by atoms with Crippen LogP contribution in [0.3, 0.4) is 0 Å². The Morgan fingerprint density at radius 3 is 0.844 bits per heavy atom. The van der Waals surface area contributed by atoms with Crippen molar-refractivity contribution >= 4 is 17.9 Å². The average molecular weight is 1070 g/mol. The summed E-state index contributed by atoms with van der Waals surface area (Å²) in [6.07, 6.45) is 88.2. The Balaban J connectivity index is 4.28. The van der Waals surface area contributed by atoms with E-state index in [0.29, 0.717) is 19.3 Å². The van der Waals surface area contributed by atoms with Crippen LogP contribution >= 0.6 is 0 Å². The summed E-state index contributed by atoms with van der Waals surface area (Å²) in [7, 11) is 0. The molecule has 440 valence electrons. The quantitative estimate of drug-likeness (QED) is 0.0261. The number of rotatable bonds is 58. The summed E-state index contributed by atoms with van der Waals surface area (Å²) >= 11 is 0. The van der Waals surface area contributed by atoms with Gasteiger partial charge in [-0.1, -0.05) is 271 Å². The molecule has 0 aromatic rings. The molecule has 6 nitrogen and oxygen atoms in total. The number of allylic oxidation sites excluding steroid dienone is 18. The molecule has 0 heterocycles. The highest BCUT2D eigenvalue weighted by Gasteiger charge is 2.19. The average Bonchev–Trinajstić information content (AvgIpc) is 3.43. The molecule has 0 aliphatic carbocycles. The summed E-state index contributed by atoms with van der Waals surface area (Å²) in [6, 6.07) is 0. The zero-order valence-electron chi connectivity index (χ0n) is 50.4. The SMILES string of the molecule is CC/C=C\C/C=C\C/C=C\C/C=C\CCCCCCC(=O)OC(COC(=O)CCCCCCC/C=C\C/C=C\CCC)COC(=O)CCCCCCCCCCCCCCCC/C=C\C/C=C\C/C=C\CCCCCCC. The molecule has 0 rings (SSSR count). The van der Waals surface area contributed by atoms with E-state index in [0.717, 1.165) is 141 Å². The minimum atomic E-state index is -0.799. The van der Waals surface area contributed by atoms with E-state index in [2.05, 4.69) is 130 Å². The number of carbonyl (C=O) groups excluding carboxylic acids is 3. The summed E-state index contributed by atoms with van der Waals surface area (Å²) in [5.74, 6) is -0.927. The van der Waals surface area contributed by atoms with Crippen LogP contribution in [0.25, 0.3) is 0 Å². The second-order valence-corrected chi connectivity index (χ2v) is 21.3. The molecule has 0 N–H and O–H groups in total. The fraction of sp³-hybridized carbons (Fsp3) is 0.704. The van der Waals surface area contributed by atoms with Gasteiger partial charge in [-0.25, -0.2) is 0 Å². The van der Waals surface area contributed by atoms with Crippen LogP contribution in [-0.4, -0.2) is 37.2 Å². The van der Waals surface area contributed by atoms with Gasteiger partial charge in [0.25, 0.3) is 0 Å². The van der Waals surface area contributed by atoms with Crippen LogP contribution in [0.1, 0.15) is 303 Å². The molecule has 0 radical (unpaired) electrons. The van der Waals surface area contributed by atoms with Crippen LogP contribution < -0.4 is 0 Å². The second-order valence-electron chi connectivity index (χ2n) is 21.3. The van der Waals surface area contributed by atoms with Gasteiger partial charge in [0.1, 0.15) is 13.2 Å². The van der Waals surface area contributed by atoms with Gasteiger partial charge in [0, 0.05) is 19.3 Å². The standard InChI is InChI=1S/C71H120O6/c1-4-7-10-13-16-19-22-25-27-29-30-31-32-33-34-35-36-37-38-39-40-42-43-46-49-52-55-58-61-64-70(73)76-67-68(66-75-69(72)63-60-57-54-51-48-45-24-21-18-15-12-9-6-3)77-71(74)65-62-59-56-53-50-47-44-41-28-26-23-20-17-14-11-8-5-2/h8,11-12,15,17,20-22,24-26,28-30,32-33,44,47,68H,4-7,9-10,13-14,16,18-19,23,27,31,34-43,45-46,48-67H2,1-3H3/b11-8-,15-12-,20-17-,24-21-,25-22-,28-26-,30-29-,33-32-,47-44-. The third kappa shape index (κ3) is 62.8. The first-order valence-corrected chi connectivity index (χ1v) is 32.4. The molecule has 0 amide bonds. The zero-order valence-corrected chi connectivity index (χ0v) is 50.4. The maximum Gasteiger partial charge on any atom is 0.306 e. The topological polar surface area (TPSA) is 78.9 Å². The maximum atomic E-state index is 12.9. The predicted octanol–water partition coefficient (Wildman–Crippen LogP) is 22.2. The Morgan fingerprint density at radius 1 is 0.273 bits per heavy atom. The van der Waals surface area contributed by atoms with Crippen molar-refractivity contribution in [2.75, 3.05) is 13.2 Å². The first-order valence-electron chi connectivity index (χ1n) is 32.4. The van der Waals surface area contributed by atoms with Gasteiger partial charge in [-0.3, -0.25) is 14.4 Å². The molecule has 1 unspecified atom stereocenters. The normalized spacial score (nSPS) is 12.8. The van der Waals surface area contributed by atoms with Gasteiger partial charge in [-0.05, 0) is 122 Å². The molecule has 77 heavy (non-hydrogen) atoms. The lowest BCUT2D eigenvalue weighted by Crippen LogP contribution is -2.30. The minimum Gasteiger partial charge on any atom is -0.462 e. The maximum absolute atomic E-state index is 12.9. The van der Waals surface area contributed by atoms with Crippen molar-refractivity contribution < 1.29 is 28.6 Å². The van der Waals surface area contributed by atoms with Gasteiger partial charge in [0.2, 0.25) is 0 Å². The molecule has 0 aromatic heterocycles. The van der Waals surface area contributed by atoms with E-state index in [4.69, 9.17) is 14.2 Å². The summed E-state index contributed by atoms with van der Waals surface area (Å²) in [6.45, 7) is 6.43. The molecule has 1 atom stereocenters. The van der Waals surface area contributed by atoms with E-state index in [1.807, 2.05) is 0 Å². The van der Waals surface area contributed by atoms with Crippen molar-refractivity contribution in [3.8, 4) is 0 Å². The lowest BCUT2D eigenvalue weighted by atomic mass is 10.0. The molecule has 0 aliphatic heterocycles. The van der Waals surface area contributed by atoms with Gasteiger partial charge in [-0.2, -0.15) is 0 Å². The van der Waals surface area contributed by atoms with Gasteiger partial charge in [0.15, 0.2) is 6.10 Å².